The summed E-state index contributed by atoms with van der Waals surface area (Å²) < 4.78 is 45.4. The van der Waals surface area contributed by atoms with Gasteiger partial charge in [-0.1, -0.05) is 29.5 Å². The number of para-hydroxylation sites is 1. The molecule has 2 heterocycles. The third-order valence-corrected chi connectivity index (χ3v) is 5.64. The number of carbonyl (C=O) groups is 1. The first-order chi connectivity index (χ1) is 13.9. The average molecular weight is 421 g/mol. The second-order valence-corrected chi connectivity index (χ2v) is 7.75. The molecule has 9 heteroatoms. The highest BCUT2D eigenvalue weighted by Crippen LogP contribution is 2.31. The van der Waals surface area contributed by atoms with E-state index >= 15 is 0 Å². The summed E-state index contributed by atoms with van der Waals surface area (Å²) in [6.45, 7) is 0.917. The van der Waals surface area contributed by atoms with Crippen LogP contribution in [0.25, 0.3) is 10.2 Å². The molecule has 1 N–H and O–H groups in total. The number of hydrogen-bond acceptors (Lipinski definition) is 4. The van der Waals surface area contributed by atoms with Crippen LogP contribution in [0.3, 0.4) is 0 Å². The van der Waals surface area contributed by atoms with Crippen molar-refractivity contribution in [2.24, 2.45) is 0 Å². The van der Waals surface area contributed by atoms with Crippen molar-refractivity contribution in [1.82, 2.24) is 9.88 Å². The van der Waals surface area contributed by atoms with Crippen LogP contribution in [-0.4, -0.2) is 35.1 Å². The fraction of sp³-hybridized carbons (Fsp3) is 0.300. The molecule has 152 valence electrons. The average Bonchev–Trinajstić information content (AvgIpc) is 3.10. The zero-order chi connectivity index (χ0) is 20.4. The molecule has 1 fully saturated rings. The molecular formula is C20H18F3N3O2S. The topological polar surface area (TPSA) is 54.5 Å². The van der Waals surface area contributed by atoms with Crippen molar-refractivity contribution in [3.05, 3.63) is 54.1 Å². The lowest BCUT2D eigenvalue weighted by Gasteiger charge is -2.31. The van der Waals surface area contributed by atoms with Gasteiger partial charge >= 0.3 is 12.2 Å². The van der Waals surface area contributed by atoms with Gasteiger partial charge in [-0.05, 0) is 30.3 Å². The van der Waals surface area contributed by atoms with Crippen molar-refractivity contribution >= 4 is 33.3 Å². The maximum Gasteiger partial charge on any atom is 0.416 e. The highest BCUT2D eigenvalue weighted by atomic mass is 32.1. The Morgan fingerprint density at radius 2 is 1.90 bits per heavy atom. The third kappa shape index (κ3) is 4.61. The van der Waals surface area contributed by atoms with Crippen LogP contribution in [0, 0.1) is 0 Å². The Morgan fingerprint density at radius 1 is 1.14 bits per heavy atom. The van der Waals surface area contributed by atoms with E-state index in [-0.39, 0.29) is 11.8 Å². The van der Waals surface area contributed by atoms with Crippen LogP contribution in [0.5, 0.6) is 5.19 Å². The Morgan fingerprint density at radius 3 is 2.62 bits per heavy atom. The van der Waals surface area contributed by atoms with E-state index in [2.05, 4.69) is 10.3 Å². The van der Waals surface area contributed by atoms with Crippen molar-refractivity contribution in [3.8, 4) is 5.19 Å². The number of alkyl halides is 3. The fourth-order valence-electron chi connectivity index (χ4n) is 3.20. The Labute approximate surface area is 169 Å². The molecule has 4 rings (SSSR count). The van der Waals surface area contributed by atoms with Gasteiger partial charge in [0.15, 0.2) is 0 Å². The van der Waals surface area contributed by atoms with E-state index in [4.69, 9.17) is 4.74 Å². The molecule has 1 aromatic heterocycles. The third-order valence-electron chi connectivity index (χ3n) is 4.71. The lowest BCUT2D eigenvalue weighted by atomic mass is 10.1. The van der Waals surface area contributed by atoms with Gasteiger partial charge in [-0.2, -0.15) is 13.2 Å². The van der Waals surface area contributed by atoms with Crippen LogP contribution >= 0.6 is 11.3 Å². The smallest absolute Gasteiger partial charge is 0.416 e. The van der Waals surface area contributed by atoms with Crippen molar-refractivity contribution in [2.75, 3.05) is 18.4 Å². The Bertz CT molecular complexity index is 980. The second kappa shape index (κ2) is 7.90. The number of amides is 2. The first kappa shape index (κ1) is 19.5. The number of ether oxygens (including phenoxy) is 1. The van der Waals surface area contributed by atoms with Gasteiger partial charge in [0.1, 0.15) is 6.10 Å². The van der Waals surface area contributed by atoms with Crippen LogP contribution in [0.1, 0.15) is 18.4 Å². The van der Waals surface area contributed by atoms with Gasteiger partial charge in [-0.25, -0.2) is 9.78 Å². The minimum absolute atomic E-state index is 0.0480. The van der Waals surface area contributed by atoms with E-state index in [9.17, 15) is 18.0 Å². The van der Waals surface area contributed by atoms with Crippen LogP contribution < -0.4 is 10.1 Å². The lowest BCUT2D eigenvalue weighted by Crippen LogP contribution is -2.43. The SMILES string of the molecule is O=C(Nc1cccc(C(F)(F)F)c1)N1CCC(Oc2nc3ccccc3s2)CC1. The molecule has 3 aromatic rings. The zero-order valence-corrected chi connectivity index (χ0v) is 16.1. The molecule has 0 saturated carbocycles. The number of fused-ring (bicyclic) bond motifs is 1. The number of likely N-dealkylation sites (tertiary alicyclic amines) is 1. The van der Waals surface area contributed by atoms with Crippen LogP contribution in [-0.2, 0) is 6.18 Å². The summed E-state index contributed by atoms with van der Waals surface area (Å²) in [6.07, 6.45) is -3.23. The lowest BCUT2D eigenvalue weighted by molar-refractivity contribution is -0.137. The largest absolute Gasteiger partial charge is 0.467 e. The van der Waals surface area contributed by atoms with E-state index in [1.54, 1.807) is 4.90 Å². The normalized spacial score (nSPS) is 15.5. The van der Waals surface area contributed by atoms with Gasteiger partial charge in [0.2, 0.25) is 0 Å². The first-order valence-electron chi connectivity index (χ1n) is 9.14. The minimum Gasteiger partial charge on any atom is -0.467 e. The van der Waals surface area contributed by atoms with E-state index < -0.39 is 17.8 Å². The van der Waals surface area contributed by atoms with Gasteiger partial charge in [0, 0.05) is 31.6 Å². The summed E-state index contributed by atoms with van der Waals surface area (Å²) in [5.74, 6) is 0. The summed E-state index contributed by atoms with van der Waals surface area (Å²) in [6, 6.07) is 12.0. The predicted octanol–water partition coefficient (Wildman–Crippen LogP) is 5.39. The maximum atomic E-state index is 12.8. The molecule has 1 aliphatic rings. The van der Waals surface area contributed by atoms with E-state index in [0.717, 1.165) is 22.3 Å². The first-order valence-corrected chi connectivity index (χ1v) is 9.95. The molecule has 0 radical (unpaired) electrons. The molecule has 1 aliphatic heterocycles. The van der Waals surface area contributed by atoms with E-state index in [1.807, 2.05) is 24.3 Å². The summed E-state index contributed by atoms with van der Waals surface area (Å²) in [5.41, 5.74) is 0.223. The molecule has 2 aromatic carbocycles. The number of thiazole rings is 1. The zero-order valence-electron chi connectivity index (χ0n) is 15.3. The standard InChI is InChI=1S/C20H18F3N3O2S/c21-20(22,23)13-4-3-5-14(12-13)24-18(27)26-10-8-15(9-11-26)28-19-25-16-6-1-2-7-17(16)29-19/h1-7,12,15H,8-11H2,(H,24,27). The summed E-state index contributed by atoms with van der Waals surface area (Å²) in [7, 11) is 0. The van der Waals surface area contributed by atoms with E-state index in [0.29, 0.717) is 31.1 Å². The second-order valence-electron chi connectivity index (χ2n) is 6.76. The van der Waals surface area contributed by atoms with Gasteiger partial charge in [0.25, 0.3) is 5.19 Å². The molecule has 0 unspecified atom stereocenters. The molecule has 0 bridgehead atoms. The van der Waals surface area contributed by atoms with Gasteiger partial charge in [0.05, 0.1) is 15.8 Å². The Balaban J connectivity index is 1.31. The number of carbonyl (C=O) groups excluding carboxylic acids is 1. The Kier molecular flexibility index (Phi) is 5.31. The number of halogens is 3. The number of piperidine rings is 1. The maximum absolute atomic E-state index is 12.8. The van der Waals surface area contributed by atoms with Crippen LogP contribution in [0.4, 0.5) is 23.7 Å². The summed E-state index contributed by atoms with van der Waals surface area (Å²) in [5, 5.41) is 3.15. The molecular weight excluding hydrogens is 403 g/mol. The Hall–Kier alpha value is -2.81. The highest BCUT2D eigenvalue weighted by molar-refractivity contribution is 7.20. The summed E-state index contributed by atoms with van der Waals surface area (Å²) in [4.78, 5) is 18.4. The van der Waals surface area contributed by atoms with Crippen molar-refractivity contribution in [3.63, 3.8) is 0 Å². The predicted molar refractivity (Wildman–Crippen MR) is 105 cm³/mol. The number of anilines is 1. The number of nitrogens with zero attached hydrogens (tertiary/aromatic N) is 2. The molecule has 0 atom stereocenters. The molecule has 5 nitrogen and oxygen atoms in total. The van der Waals surface area contributed by atoms with Gasteiger partial charge in [-0.15, -0.1) is 0 Å². The number of aromatic nitrogens is 1. The van der Waals surface area contributed by atoms with E-state index in [1.165, 1.54) is 23.5 Å². The number of hydrogen-bond donors (Lipinski definition) is 1. The number of benzene rings is 2. The highest BCUT2D eigenvalue weighted by Gasteiger charge is 2.31. The van der Waals surface area contributed by atoms with Crippen molar-refractivity contribution in [1.29, 1.82) is 0 Å². The van der Waals surface area contributed by atoms with Crippen molar-refractivity contribution in [2.45, 2.75) is 25.1 Å². The molecule has 0 spiro atoms. The number of nitrogens with one attached hydrogen (secondary N) is 1. The number of rotatable bonds is 3. The molecule has 0 aliphatic carbocycles. The number of urea groups is 1. The van der Waals surface area contributed by atoms with Crippen LogP contribution in [0.15, 0.2) is 48.5 Å². The monoisotopic (exact) mass is 421 g/mol. The fourth-order valence-corrected chi connectivity index (χ4v) is 4.08. The molecule has 1 saturated heterocycles. The quantitative estimate of drug-likeness (QED) is 0.617. The van der Waals surface area contributed by atoms with Gasteiger partial charge < -0.3 is 15.0 Å². The minimum atomic E-state index is -4.45. The van der Waals surface area contributed by atoms with Crippen LogP contribution in [0.2, 0.25) is 0 Å². The molecule has 2 amide bonds. The molecule has 29 heavy (non-hydrogen) atoms. The van der Waals surface area contributed by atoms with Crippen molar-refractivity contribution < 1.29 is 22.7 Å². The summed E-state index contributed by atoms with van der Waals surface area (Å²) >= 11 is 1.48. The van der Waals surface area contributed by atoms with Gasteiger partial charge in [-0.3, -0.25) is 0 Å².